The third-order valence-electron chi connectivity index (χ3n) is 3.99. The van der Waals surface area contributed by atoms with Gasteiger partial charge in [0.2, 0.25) is 0 Å². The van der Waals surface area contributed by atoms with Crippen LogP contribution in [0, 0.1) is 5.41 Å². The molecule has 0 spiro atoms. The van der Waals surface area contributed by atoms with E-state index in [0.717, 1.165) is 0 Å². The van der Waals surface area contributed by atoms with E-state index in [0.29, 0.717) is 23.1 Å². The van der Waals surface area contributed by atoms with Crippen molar-refractivity contribution in [2.45, 2.75) is 32.8 Å². The normalized spacial score (nSPS) is 22.0. The van der Waals surface area contributed by atoms with Crippen molar-refractivity contribution in [3.8, 4) is 0 Å². The highest BCUT2D eigenvalue weighted by atomic mass is 16.4. The Labute approximate surface area is 133 Å². The summed E-state index contributed by atoms with van der Waals surface area (Å²) in [5, 5.41) is 28.6. The molecule has 0 bridgehead atoms. The number of hydrogen-bond acceptors (Lipinski definition) is 4. The van der Waals surface area contributed by atoms with Gasteiger partial charge in [0, 0.05) is 23.5 Å². The van der Waals surface area contributed by atoms with Gasteiger partial charge in [-0.1, -0.05) is 13.0 Å². The highest BCUT2D eigenvalue weighted by Gasteiger charge is 2.36. The van der Waals surface area contributed by atoms with Gasteiger partial charge in [0.25, 0.3) is 0 Å². The summed E-state index contributed by atoms with van der Waals surface area (Å²) in [6.07, 6.45) is 5.85. The molecule has 2 rings (SSSR count). The Morgan fingerprint density at radius 3 is 2.61 bits per heavy atom. The molecule has 1 aliphatic rings. The van der Waals surface area contributed by atoms with Crippen LogP contribution in [0.4, 0.5) is 0 Å². The SMILES string of the molecule is CCC(O)c1cncc(C2=C[C@@](C)(C(=O)O)CC(C(=O)O)=C2)c1. The van der Waals surface area contributed by atoms with E-state index >= 15 is 0 Å². The van der Waals surface area contributed by atoms with E-state index in [-0.39, 0.29) is 12.0 Å². The molecule has 1 unspecified atom stereocenters. The Bertz CT molecular complexity index is 707. The maximum absolute atomic E-state index is 11.5. The quantitative estimate of drug-likeness (QED) is 0.769. The first-order chi connectivity index (χ1) is 10.8. The van der Waals surface area contributed by atoms with E-state index < -0.39 is 23.5 Å². The lowest BCUT2D eigenvalue weighted by molar-refractivity contribution is -0.145. The van der Waals surface area contributed by atoms with Crippen molar-refractivity contribution in [1.29, 1.82) is 0 Å². The molecule has 0 fully saturated rings. The zero-order chi connectivity index (χ0) is 17.2. The highest BCUT2D eigenvalue weighted by Crippen LogP contribution is 2.38. The number of allylic oxidation sites excluding steroid dienone is 2. The smallest absolute Gasteiger partial charge is 0.331 e. The number of hydrogen-bond donors (Lipinski definition) is 3. The lowest BCUT2D eigenvalue weighted by Crippen LogP contribution is -2.29. The molecule has 1 aliphatic carbocycles. The fraction of sp³-hybridized carbons (Fsp3) is 0.353. The molecule has 0 saturated carbocycles. The van der Waals surface area contributed by atoms with Crippen molar-refractivity contribution in [3.63, 3.8) is 0 Å². The molecule has 6 heteroatoms. The van der Waals surface area contributed by atoms with Crippen LogP contribution in [0.2, 0.25) is 0 Å². The van der Waals surface area contributed by atoms with E-state index in [2.05, 4.69) is 4.98 Å². The summed E-state index contributed by atoms with van der Waals surface area (Å²) in [6, 6.07) is 1.70. The second-order valence-corrected chi connectivity index (χ2v) is 5.90. The number of aliphatic hydroxyl groups is 1. The number of pyridine rings is 1. The minimum atomic E-state index is -1.29. The molecule has 3 N–H and O–H groups in total. The van der Waals surface area contributed by atoms with Gasteiger partial charge < -0.3 is 15.3 Å². The van der Waals surface area contributed by atoms with Crippen LogP contribution in [-0.2, 0) is 9.59 Å². The van der Waals surface area contributed by atoms with Crippen LogP contribution in [-0.4, -0.2) is 32.2 Å². The summed E-state index contributed by atoms with van der Waals surface area (Å²) in [5.74, 6) is -2.22. The molecule has 0 saturated heterocycles. The number of aliphatic hydroxyl groups excluding tert-OH is 1. The molecule has 1 aromatic heterocycles. The molecule has 23 heavy (non-hydrogen) atoms. The third-order valence-corrected chi connectivity index (χ3v) is 3.99. The van der Waals surface area contributed by atoms with Crippen molar-refractivity contribution >= 4 is 17.5 Å². The Kier molecular flexibility index (Phi) is 4.65. The molecule has 0 amide bonds. The summed E-state index contributed by atoms with van der Waals surface area (Å²) in [4.78, 5) is 26.9. The predicted octanol–water partition coefficient (Wildman–Crippen LogP) is 2.41. The number of aliphatic carboxylic acids is 2. The van der Waals surface area contributed by atoms with E-state index in [1.165, 1.54) is 19.2 Å². The van der Waals surface area contributed by atoms with Crippen molar-refractivity contribution in [1.82, 2.24) is 4.98 Å². The molecule has 2 atom stereocenters. The van der Waals surface area contributed by atoms with Gasteiger partial charge in [-0.05, 0) is 43.0 Å². The number of rotatable bonds is 5. The van der Waals surface area contributed by atoms with Gasteiger partial charge in [-0.25, -0.2) is 4.79 Å². The Balaban J connectivity index is 2.53. The average Bonchev–Trinajstić information content (AvgIpc) is 2.53. The summed E-state index contributed by atoms with van der Waals surface area (Å²) in [7, 11) is 0. The highest BCUT2D eigenvalue weighted by molar-refractivity contribution is 5.96. The monoisotopic (exact) mass is 317 g/mol. The lowest BCUT2D eigenvalue weighted by atomic mass is 9.76. The van der Waals surface area contributed by atoms with Crippen LogP contribution in [0.1, 0.15) is 43.9 Å². The minimum Gasteiger partial charge on any atom is -0.481 e. The molecular formula is C17H19NO5. The summed E-state index contributed by atoms with van der Waals surface area (Å²) in [6.45, 7) is 3.32. The molecule has 0 aromatic carbocycles. The van der Waals surface area contributed by atoms with E-state index in [4.69, 9.17) is 0 Å². The Morgan fingerprint density at radius 2 is 2.04 bits per heavy atom. The number of carboxylic acid groups (broad SMARTS) is 2. The van der Waals surface area contributed by atoms with Crippen LogP contribution in [0.25, 0.3) is 5.57 Å². The number of carbonyl (C=O) groups is 2. The van der Waals surface area contributed by atoms with Gasteiger partial charge in [-0.15, -0.1) is 0 Å². The summed E-state index contributed by atoms with van der Waals surface area (Å²) >= 11 is 0. The van der Waals surface area contributed by atoms with Crippen molar-refractivity contribution in [2.24, 2.45) is 5.41 Å². The first-order valence-electron chi connectivity index (χ1n) is 7.30. The number of nitrogens with zero attached hydrogens (tertiary/aromatic N) is 1. The number of carboxylic acids is 2. The van der Waals surface area contributed by atoms with E-state index in [1.807, 2.05) is 6.92 Å². The van der Waals surface area contributed by atoms with E-state index in [9.17, 15) is 24.9 Å². The minimum absolute atomic E-state index is 0.0360. The van der Waals surface area contributed by atoms with Crippen LogP contribution >= 0.6 is 0 Å². The van der Waals surface area contributed by atoms with Gasteiger partial charge in [-0.2, -0.15) is 0 Å². The Morgan fingerprint density at radius 1 is 1.35 bits per heavy atom. The van der Waals surface area contributed by atoms with Crippen LogP contribution < -0.4 is 0 Å². The van der Waals surface area contributed by atoms with Gasteiger partial charge in [0.05, 0.1) is 11.5 Å². The third kappa shape index (κ3) is 3.48. The second kappa shape index (κ2) is 6.34. The molecule has 122 valence electrons. The standard InChI is InChI=1S/C17H19NO5/c1-3-14(19)13-5-12(8-18-9-13)10-4-11(15(20)21)7-17(2,6-10)16(22)23/h4-6,8-9,14,19H,3,7H2,1-2H3,(H,20,21)(H,22,23)/t14?,17-/m1/s1. The molecule has 6 nitrogen and oxygen atoms in total. The fourth-order valence-corrected chi connectivity index (χ4v) is 2.55. The van der Waals surface area contributed by atoms with E-state index in [1.54, 1.807) is 18.3 Å². The average molecular weight is 317 g/mol. The molecular weight excluding hydrogens is 298 g/mol. The van der Waals surface area contributed by atoms with Crippen molar-refractivity contribution in [2.75, 3.05) is 0 Å². The zero-order valence-electron chi connectivity index (χ0n) is 13.0. The largest absolute Gasteiger partial charge is 0.481 e. The van der Waals surface area contributed by atoms with Crippen molar-refractivity contribution < 1.29 is 24.9 Å². The van der Waals surface area contributed by atoms with Crippen molar-refractivity contribution in [3.05, 3.63) is 47.3 Å². The maximum atomic E-state index is 11.5. The fourth-order valence-electron chi connectivity index (χ4n) is 2.55. The predicted molar refractivity (Wildman–Crippen MR) is 83.5 cm³/mol. The van der Waals surface area contributed by atoms with Crippen LogP contribution in [0.3, 0.4) is 0 Å². The van der Waals surface area contributed by atoms with Crippen LogP contribution in [0.5, 0.6) is 0 Å². The number of aromatic nitrogens is 1. The molecule has 0 radical (unpaired) electrons. The zero-order valence-corrected chi connectivity index (χ0v) is 13.0. The maximum Gasteiger partial charge on any atom is 0.331 e. The van der Waals surface area contributed by atoms with Gasteiger partial charge >= 0.3 is 11.9 Å². The molecule has 0 aliphatic heterocycles. The van der Waals surface area contributed by atoms with Gasteiger partial charge in [-0.3, -0.25) is 9.78 Å². The Hall–Kier alpha value is -2.47. The first kappa shape index (κ1) is 16.9. The molecule has 1 heterocycles. The summed E-state index contributed by atoms with van der Waals surface area (Å²) < 4.78 is 0. The topological polar surface area (TPSA) is 108 Å². The lowest BCUT2D eigenvalue weighted by Gasteiger charge is -2.26. The van der Waals surface area contributed by atoms with Crippen LogP contribution in [0.15, 0.2) is 36.2 Å². The molecule has 1 aromatic rings. The van der Waals surface area contributed by atoms with Gasteiger partial charge in [0.15, 0.2) is 0 Å². The second-order valence-electron chi connectivity index (χ2n) is 5.90. The van der Waals surface area contributed by atoms with Gasteiger partial charge in [0.1, 0.15) is 0 Å². The first-order valence-corrected chi connectivity index (χ1v) is 7.30. The summed E-state index contributed by atoms with van der Waals surface area (Å²) in [5.41, 5.74) is 0.418.